The SMILES string of the molecule is CC(C)C(=O)O.O=CC1=CCCCC1. The number of carbonyl (C=O) groups is 2. The molecule has 1 N–H and O–H groups in total. The molecular weight excluding hydrogens is 180 g/mol. The number of hydrogen-bond acceptors (Lipinski definition) is 2. The van der Waals surface area contributed by atoms with Crippen molar-refractivity contribution in [2.24, 2.45) is 5.92 Å². The van der Waals surface area contributed by atoms with Gasteiger partial charge in [0.1, 0.15) is 6.29 Å². The van der Waals surface area contributed by atoms with Crippen LogP contribution in [0, 0.1) is 5.92 Å². The van der Waals surface area contributed by atoms with Gasteiger partial charge >= 0.3 is 5.97 Å². The van der Waals surface area contributed by atoms with Crippen LogP contribution in [0.4, 0.5) is 0 Å². The zero-order valence-corrected chi connectivity index (χ0v) is 8.82. The molecule has 1 rings (SSSR count). The topological polar surface area (TPSA) is 54.4 Å². The summed E-state index contributed by atoms with van der Waals surface area (Å²) in [5, 5.41) is 7.99. The second-order valence-corrected chi connectivity index (χ2v) is 3.64. The van der Waals surface area contributed by atoms with Crippen LogP contribution < -0.4 is 0 Å². The minimum Gasteiger partial charge on any atom is -0.481 e. The predicted octanol–water partition coefficient (Wildman–Crippen LogP) is 2.41. The van der Waals surface area contributed by atoms with Gasteiger partial charge in [0, 0.05) is 0 Å². The maximum Gasteiger partial charge on any atom is 0.305 e. The quantitative estimate of drug-likeness (QED) is 0.693. The molecule has 0 aromatic heterocycles. The van der Waals surface area contributed by atoms with E-state index in [1.807, 2.05) is 6.08 Å². The summed E-state index contributed by atoms with van der Waals surface area (Å²) >= 11 is 0. The lowest BCUT2D eigenvalue weighted by atomic mass is 10.0. The van der Waals surface area contributed by atoms with Crippen molar-refractivity contribution >= 4 is 12.3 Å². The molecule has 0 saturated heterocycles. The van der Waals surface area contributed by atoms with Gasteiger partial charge in [0.2, 0.25) is 0 Å². The van der Waals surface area contributed by atoms with E-state index in [-0.39, 0.29) is 5.92 Å². The van der Waals surface area contributed by atoms with Crippen LogP contribution in [0.2, 0.25) is 0 Å². The highest BCUT2D eigenvalue weighted by Crippen LogP contribution is 2.14. The Bertz CT molecular complexity index is 217. The summed E-state index contributed by atoms with van der Waals surface area (Å²) in [4.78, 5) is 19.8. The van der Waals surface area contributed by atoms with E-state index in [0.29, 0.717) is 0 Å². The molecule has 0 saturated carbocycles. The van der Waals surface area contributed by atoms with E-state index in [2.05, 4.69) is 0 Å². The molecule has 0 atom stereocenters. The molecule has 1 aliphatic carbocycles. The minimum absolute atomic E-state index is 0.231. The Morgan fingerprint density at radius 3 is 2.29 bits per heavy atom. The van der Waals surface area contributed by atoms with Gasteiger partial charge in [-0.1, -0.05) is 19.9 Å². The standard InChI is InChI=1S/C7H10O.C4H8O2/c8-6-7-4-2-1-3-5-7;1-3(2)4(5)6/h4,6H,1-3,5H2;3H,1-2H3,(H,5,6). The summed E-state index contributed by atoms with van der Waals surface area (Å²) in [6.07, 6.45) is 7.58. The molecule has 0 fully saturated rings. The molecule has 0 aliphatic heterocycles. The van der Waals surface area contributed by atoms with Crippen LogP contribution >= 0.6 is 0 Å². The first-order chi connectivity index (χ1) is 6.57. The summed E-state index contributed by atoms with van der Waals surface area (Å²) in [5.41, 5.74) is 0.997. The fourth-order valence-electron chi connectivity index (χ4n) is 0.970. The first-order valence-corrected chi connectivity index (χ1v) is 4.95. The molecule has 0 bridgehead atoms. The lowest BCUT2D eigenvalue weighted by Crippen LogP contribution is -2.03. The van der Waals surface area contributed by atoms with Crippen LogP contribution in [0.1, 0.15) is 39.5 Å². The number of aldehydes is 1. The molecular formula is C11H18O3. The summed E-state index contributed by atoms with van der Waals surface area (Å²) in [6, 6.07) is 0. The van der Waals surface area contributed by atoms with Gasteiger partial charge in [-0.05, 0) is 31.3 Å². The van der Waals surface area contributed by atoms with Crippen molar-refractivity contribution in [3.05, 3.63) is 11.6 Å². The highest BCUT2D eigenvalue weighted by atomic mass is 16.4. The van der Waals surface area contributed by atoms with E-state index in [1.54, 1.807) is 13.8 Å². The third-order valence-corrected chi connectivity index (χ3v) is 1.97. The maximum atomic E-state index is 10.1. The second kappa shape index (κ2) is 7.30. The number of aliphatic carboxylic acids is 1. The van der Waals surface area contributed by atoms with Crippen molar-refractivity contribution in [1.82, 2.24) is 0 Å². The van der Waals surface area contributed by atoms with Gasteiger partial charge in [-0.3, -0.25) is 9.59 Å². The first kappa shape index (κ1) is 12.9. The molecule has 0 unspecified atom stereocenters. The van der Waals surface area contributed by atoms with Gasteiger partial charge < -0.3 is 5.11 Å². The predicted molar refractivity (Wildman–Crippen MR) is 55.1 cm³/mol. The van der Waals surface area contributed by atoms with Crippen LogP contribution in [-0.2, 0) is 9.59 Å². The maximum absolute atomic E-state index is 10.1. The molecule has 0 radical (unpaired) electrons. The molecule has 0 heterocycles. The third kappa shape index (κ3) is 6.40. The zero-order valence-electron chi connectivity index (χ0n) is 8.82. The second-order valence-electron chi connectivity index (χ2n) is 3.64. The highest BCUT2D eigenvalue weighted by Gasteiger charge is 2.00. The largest absolute Gasteiger partial charge is 0.481 e. The summed E-state index contributed by atoms with van der Waals surface area (Å²) in [7, 11) is 0. The van der Waals surface area contributed by atoms with Gasteiger partial charge in [-0.25, -0.2) is 0 Å². The van der Waals surface area contributed by atoms with E-state index in [9.17, 15) is 9.59 Å². The summed E-state index contributed by atoms with van der Waals surface area (Å²) in [5.74, 6) is -0.972. The molecule has 0 aromatic rings. The molecule has 1 aliphatic rings. The van der Waals surface area contributed by atoms with Crippen LogP contribution in [0.15, 0.2) is 11.6 Å². The van der Waals surface area contributed by atoms with Crippen molar-refractivity contribution < 1.29 is 14.7 Å². The van der Waals surface area contributed by atoms with Crippen molar-refractivity contribution in [2.75, 3.05) is 0 Å². The number of carboxylic acid groups (broad SMARTS) is 1. The van der Waals surface area contributed by atoms with Crippen LogP contribution in [0.25, 0.3) is 0 Å². The molecule has 0 aromatic carbocycles. The van der Waals surface area contributed by atoms with Crippen LogP contribution in [-0.4, -0.2) is 17.4 Å². The molecule has 0 amide bonds. The zero-order chi connectivity index (χ0) is 11.0. The summed E-state index contributed by atoms with van der Waals surface area (Å²) in [6.45, 7) is 3.28. The third-order valence-electron chi connectivity index (χ3n) is 1.97. The van der Waals surface area contributed by atoms with Crippen LogP contribution in [0.3, 0.4) is 0 Å². The van der Waals surface area contributed by atoms with Crippen LogP contribution in [0.5, 0.6) is 0 Å². The molecule has 3 nitrogen and oxygen atoms in total. The van der Waals surface area contributed by atoms with Crippen molar-refractivity contribution in [2.45, 2.75) is 39.5 Å². The number of carbonyl (C=O) groups excluding carboxylic acids is 1. The molecule has 80 valence electrons. The van der Waals surface area contributed by atoms with E-state index >= 15 is 0 Å². The van der Waals surface area contributed by atoms with E-state index < -0.39 is 5.97 Å². The number of rotatable bonds is 2. The average Bonchev–Trinajstić information content (AvgIpc) is 2.20. The average molecular weight is 198 g/mol. The van der Waals surface area contributed by atoms with Gasteiger partial charge in [0.25, 0.3) is 0 Å². The van der Waals surface area contributed by atoms with Gasteiger partial charge in [0.05, 0.1) is 5.92 Å². The number of carboxylic acids is 1. The number of hydrogen-bond donors (Lipinski definition) is 1. The fourth-order valence-corrected chi connectivity index (χ4v) is 0.970. The Labute approximate surface area is 84.8 Å². The van der Waals surface area contributed by atoms with E-state index in [4.69, 9.17) is 5.11 Å². The van der Waals surface area contributed by atoms with Gasteiger partial charge in [0.15, 0.2) is 0 Å². The molecule has 0 spiro atoms. The lowest BCUT2D eigenvalue weighted by Gasteiger charge is -2.04. The number of allylic oxidation sites excluding steroid dienone is 2. The Balaban J connectivity index is 0.000000255. The Hall–Kier alpha value is -1.12. The summed E-state index contributed by atoms with van der Waals surface area (Å²) < 4.78 is 0. The Morgan fingerprint density at radius 2 is 2.07 bits per heavy atom. The van der Waals surface area contributed by atoms with E-state index in [0.717, 1.165) is 24.7 Å². The monoisotopic (exact) mass is 198 g/mol. The van der Waals surface area contributed by atoms with Gasteiger partial charge in [-0.15, -0.1) is 0 Å². The lowest BCUT2D eigenvalue weighted by molar-refractivity contribution is -0.140. The Kier molecular flexibility index (Phi) is 6.72. The van der Waals surface area contributed by atoms with Crippen molar-refractivity contribution in [3.63, 3.8) is 0 Å². The minimum atomic E-state index is -0.741. The fraction of sp³-hybridized carbons (Fsp3) is 0.636. The smallest absolute Gasteiger partial charge is 0.305 e. The first-order valence-electron chi connectivity index (χ1n) is 4.95. The molecule has 14 heavy (non-hydrogen) atoms. The van der Waals surface area contributed by atoms with Crippen molar-refractivity contribution in [3.8, 4) is 0 Å². The van der Waals surface area contributed by atoms with Gasteiger partial charge in [-0.2, -0.15) is 0 Å². The normalized spacial score (nSPS) is 15.2. The molecule has 3 heteroatoms. The highest BCUT2D eigenvalue weighted by molar-refractivity contribution is 5.73. The van der Waals surface area contributed by atoms with Crippen molar-refractivity contribution in [1.29, 1.82) is 0 Å². The van der Waals surface area contributed by atoms with E-state index in [1.165, 1.54) is 12.8 Å². The Morgan fingerprint density at radius 1 is 1.50 bits per heavy atom.